The van der Waals surface area contributed by atoms with E-state index in [2.05, 4.69) is 41.3 Å². The van der Waals surface area contributed by atoms with Gasteiger partial charge in [-0.15, -0.1) is 25.2 Å². The summed E-state index contributed by atoms with van der Waals surface area (Å²) in [6.45, 7) is 5.97. The molecule has 1 aromatic carbocycles. The van der Waals surface area contributed by atoms with Gasteiger partial charge >= 0.3 is 6.29 Å². The van der Waals surface area contributed by atoms with E-state index >= 15 is 0 Å². The summed E-state index contributed by atoms with van der Waals surface area (Å²) in [6, 6.07) is 3.22. The molecule has 0 aliphatic carbocycles. The van der Waals surface area contributed by atoms with E-state index in [4.69, 9.17) is 5.73 Å². The van der Waals surface area contributed by atoms with Crippen molar-refractivity contribution in [2.24, 2.45) is 0 Å². The Morgan fingerprint density at radius 3 is 2.94 bits per heavy atom. The van der Waals surface area contributed by atoms with Gasteiger partial charge in [-0.1, -0.05) is 0 Å². The van der Waals surface area contributed by atoms with Gasteiger partial charge in [0.1, 0.15) is 5.52 Å². The van der Waals surface area contributed by atoms with Crippen LogP contribution < -0.4 is 15.2 Å². The zero-order chi connectivity index (χ0) is 22.2. The minimum Gasteiger partial charge on any atom is -0.395 e. The van der Waals surface area contributed by atoms with Gasteiger partial charge in [-0.05, 0) is 26.0 Å². The van der Waals surface area contributed by atoms with Gasteiger partial charge in [-0.2, -0.15) is 4.52 Å². The maximum absolute atomic E-state index is 13.6. The fourth-order valence-corrected chi connectivity index (χ4v) is 5.35. The summed E-state index contributed by atoms with van der Waals surface area (Å²) < 4.78 is 37.7. The molecule has 0 saturated carbocycles. The number of aromatic nitrogens is 5. The van der Waals surface area contributed by atoms with Crippen molar-refractivity contribution in [2.45, 2.75) is 45.6 Å². The van der Waals surface area contributed by atoms with Crippen LogP contribution in [0.2, 0.25) is 0 Å². The highest BCUT2D eigenvalue weighted by atomic mass is 32.1. The number of aryl methyl sites for hydroxylation is 1. The molecule has 2 aliphatic rings. The third-order valence-electron chi connectivity index (χ3n) is 5.85. The Labute approximate surface area is 184 Å². The van der Waals surface area contributed by atoms with Crippen LogP contribution in [-0.2, 0) is 19.4 Å². The molecule has 0 radical (unpaired) electrons. The molecule has 6 rings (SSSR count). The van der Waals surface area contributed by atoms with Gasteiger partial charge < -0.3 is 15.2 Å². The van der Waals surface area contributed by atoms with Gasteiger partial charge in [0.15, 0.2) is 23.0 Å². The smallest absolute Gasteiger partial charge is 0.395 e. The predicted octanol–water partition coefficient (Wildman–Crippen LogP) is 2.94. The number of thiazole rings is 1. The van der Waals surface area contributed by atoms with Crippen LogP contribution in [0.1, 0.15) is 28.3 Å². The molecule has 4 aromatic rings. The van der Waals surface area contributed by atoms with Crippen molar-refractivity contribution in [3.63, 3.8) is 0 Å². The number of ether oxygens (including phenoxy) is 2. The molecule has 3 aromatic heterocycles. The topological polar surface area (TPSA) is 104 Å². The number of halogens is 2. The van der Waals surface area contributed by atoms with Crippen LogP contribution in [0, 0.1) is 6.92 Å². The molecule has 1 unspecified atom stereocenters. The lowest BCUT2D eigenvalue weighted by atomic mass is 10.1. The quantitative estimate of drug-likeness (QED) is 0.499. The first-order valence-electron chi connectivity index (χ1n) is 10.2. The average molecular weight is 459 g/mol. The Balaban J connectivity index is 1.32. The highest BCUT2D eigenvalue weighted by molar-refractivity contribution is 7.11. The van der Waals surface area contributed by atoms with Crippen molar-refractivity contribution >= 4 is 33.8 Å². The van der Waals surface area contributed by atoms with Crippen LogP contribution in [0.3, 0.4) is 0 Å². The first kappa shape index (κ1) is 19.6. The lowest BCUT2D eigenvalue weighted by molar-refractivity contribution is -0.286. The van der Waals surface area contributed by atoms with Crippen LogP contribution >= 0.6 is 11.3 Å². The van der Waals surface area contributed by atoms with Gasteiger partial charge in [-0.3, -0.25) is 4.90 Å². The van der Waals surface area contributed by atoms with E-state index in [1.165, 1.54) is 21.2 Å². The van der Waals surface area contributed by atoms with Gasteiger partial charge in [-0.25, -0.2) is 15.0 Å². The summed E-state index contributed by atoms with van der Waals surface area (Å²) in [7, 11) is 0. The third kappa shape index (κ3) is 3.05. The molecule has 0 fully saturated rings. The molecule has 0 saturated heterocycles. The standard InChI is InChI=1S/C20H19F2N7O2S/c1-9(28-6-5-12-14(8-28)32-10(2)24-12)7-15-25-18-11-3-4-13-17(31-20(21,22)30-13)16(11)26-19(23)29(18)27-15/h3-4,9H,5-8H2,1-2H3,(H2,23,26). The summed E-state index contributed by atoms with van der Waals surface area (Å²) in [5.74, 6) is 0.403. The number of benzene rings is 1. The summed E-state index contributed by atoms with van der Waals surface area (Å²) in [5, 5.41) is 6.13. The molecule has 9 nitrogen and oxygen atoms in total. The molecular weight excluding hydrogens is 440 g/mol. The van der Waals surface area contributed by atoms with E-state index in [1.54, 1.807) is 17.4 Å². The molecule has 0 amide bonds. The minimum absolute atomic E-state index is 0.0360. The van der Waals surface area contributed by atoms with Crippen LogP contribution in [0.15, 0.2) is 12.1 Å². The van der Waals surface area contributed by atoms with E-state index in [0.29, 0.717) is 23.3 Å². The SMILES string of the molecule is Cc1nc2c(s1)CN(C(C)Cc1nc3c4ccc5c(c4nc(N)n3n1)OC(F)(F)O5)CC2. The summed E-state index contributed by atoms with van der Waals surface area (Å²) >= 11 is 1.75. The molecule has 32 heavy (non-hydrogen) atoms. The van der Waals surface area contributed by atoms with E-state index in [-0.39, 0.29) is 29.0 Å². The molecule has 0 spiro atoms. The number of nitrogens with zero attached hydrogens (tertiary/aromatic N) is 6. The Bertz CT molecular complexity index is 1390. The van der Waals surface area contributed by atoms with Crippen molar-refractivity contribution in [2.75, 3.05) is 12.3 Å². The van der Waals surface area contributed by atoms with E-state index in [0.717, 1.165) is 24.5 Å². The Morgan fingerprint density at radius 1 is 1.25 bits per heavy atom. The number of anilines is 1. The van der Waals surface area contributed by atoms with Crippen LogP contribution in [0.25, 0.3) is 16.6 Å². The molecule has 1 atom stereocenters. The normalized spacial score (nSPS) is 18.4. The predicted molar refractivity (Wildman–Crippen MR) is 113 cm³/mol. The largest absolute Gasteiger partial charge is 0.586 e. The van der Waals surface area contributed by atoms with Crippen molar-refractivity contribution in [1.29, 1.82) is 0 Å². The lowest BCUT2D eigenvalue weighted by Gasteiger charge is -2.31. The summed E-state index contributed by atoms with van der Waals surface area (Å²) in [5.41, 5.74) is 7.89. The second kappa shape index (κ2) is 6.69. The number of hydrogen-bond donors (Lipinski definition) is 1. The van der Waals surface area contributed by atoms with Crippen molar-refractivity contribution in [1.82, 2.24) is 29.5 Å². The van der Waals surface area contributed by atoms with Crippen LogP contribution in [0.4, 0.5) is 14.7 Å². The number of nitrogen functional groups attached to an aromatic ring is 1. The molecule has 166 valence electrons. The fraction of sp³-hybridized carbons (Fsp3) is 0.400. The van der Waals surface area contributed by atoms with Crippen molar-refractivity contribution in [3.8, 4) is 11.5 Å². The average Bonchev–Trinajstić information content (AvgIpc) is 3.40. The first-order valence-corrected chi connectivity index (χ1v) is 11.0. The number of fused-ring (bicyclic) bond motifs is 6. The molecule has 2 aliphatic heterocycles. The monoisotopic (exact) mass is 459 g/mol. The third-order valence-corrected chi connectivity index (χ3v) is 6.85. The minimum atomic E-state index is -3.74. The molecule has 12 heteroatoms. The van der Waals surface area contributed by atoms with Gasteiger partial charge in [0, 0.05) is 42.2 Å². The van der Waals surface area contributed by atoms with Crippen molar-refractivity contribution < 1.29 is 18.3 Å². The molecule has 0 bridgehead atoms. The number of alkyl halides is 2. The van der Waals surface area contributed by atoms with Crippen LogP contribution in [-0.4, -0.2) is 48.3 Å². The lowest BCUT2D eigenvalue weighted by Crippen LogP contribution is -2.38. The Hall–Kier alpha value is -3.12. The summed E-state index contributed by atoms with van der Waals surface area (Å²) in [6.07, 6.45) is -2.20. The Kier molecular flexibility index (Phi) is 4.09. The van der Waals surface area contributed by atoms with Gasteiger partial charge in [0.25, 0.3) is 0 Å². The summed E-state index contributed by atoms with van der Waals surface area (Å²) in [4.78, 5) is 17.2. The second-order valence-corrected chi connectivity index (χ2v) is 9.35. The number of hydrogen-bond acceptors (Lipinski definition) is 9. The van der Waals surface area contributed by atoms with E-state index in [1.807, 2.05) is 6.92 Å². The highest BCUT2D eigenvalue weighted by Gasteiger charge is 2.45. The first-order chi connectivity index (χ1) is 15.3. The molecule has 2 N–H and O–H groups in total. The maximum atomic E-state index is 13.6. The van der Waals surface area contributed by atoms with Gasteiger partial charge in [0.2, 0.25) is 5.95 Å². The zero-order valence-corrected chi connectivity index (χ0v) is 18.1. The number of nitrogens with two attached hydrogens (primary N) is 1. The maximum Gasteiger partial charge on any atom is 0.586 e. The Morgan fingerprint density at radius 2 is 2.09 bits per heavy atom. The number of rotatable bonds is 3. The van der Waals surface area contributed by atoms with E-state index in [9.17, 15) is 8.78 Å². The molecule has 5 heterocycles. The second-order valence-electron chi connectivity index (χ2n) is 8.07. The zero-order valence-electron chi connectivity index (χ0n) is 17.3. The fourth-order valence-electron chi connectivity index (χ4n) is 4.34. The molecular formula is C20H19F2N7O2S. The highest BCUT2D eigenvalue weighted by Crippen LogP contribution is 2.45. The van der Waals surface area contributed by atoms with Crippen LogP contribution in [0.5, 0.6) is 11.5 Å². The van der Waals surface area contributed by atoms with E-state index < -0.39 is 6.29 Å². The van der Waals surface area contributed by atoms with Gasteiger partial charge in [0.05, 0.1) is 10.7 Å². The van der Waals surface area contributed by atoms with Crippen molar-refractivity contribution in [3.05, 3.63) is 33.5 Å².